The van der Waals surface area contributed by atoms with Crippen molar-refractivity contribution in [1.82, 2.24) is 10.3 Å². The molecule has 0 amide bonds. The third-order valence-corrected chi connectivity index (χ3v) is 2.97. The van der Waals surface area contributed by atoms with Crippen LogP contribution in [0.5, 0.6) is 0 Å². The molecule has 1 fully saturated rings. The molecule has 2 heterocycles. The van der Waals surface area contributed by atoms with Crippen LogP contribution in [0.25, 0.3) is 0 Å². The number of nitrogens with one attached hydrogen (secondary N) is 1. The van der Waals surface area contributed by atoms with Gasteiger partial charge in [0.25, 0.3) is 0 Å². The maximum Gasteiger partial charge on any atom is 0.128 e. The molecule has 0 radical (unpaired) electrons. The van der Waals surface area contributed by atoms with E-state index in [9.17, 15) is 0 Å². The standard InChI is InChI=1S/C12H19N3/c1-15(12-6-2-3-8-14-12)10-11-5-4-7-13-9-11/h2-3,6,8,11,13H,4-5,7,9-10H2,1H3. The number of aromatic nitrogens is 1. The molecule has 0 bridgehead atoms. The van der Waals surface area contributed by atoms with Gasteiger partial charge in [-0.15, -0.1) is 0 Å². The second kappa shape index (κ2) is 5.12. The van der Waals surface area contributed by atoms with E-state index < -0.39 is 0 Å². The Labute approximate surface area is 91.5 Å². The number of hydrogen-bond acceptors (Lipinski definition) is 3. The Morgan fingerprint density at radius 2 is 2.47 bits per heavy atom. The van der Waals surface area contributed by atoms with Crippen LogP contribution >= 0.6 is 0 Å². The van der Waals surface area contributed by atoms with E-state index in [-0.39, 0.29) is 0 Å². The molecule has 1 N–H and O–H groups in total. The lowest BCUT2D eigenvalue weighted by Gasteiger charge is -2.28. The topological polar surface area (TPSA) is 28.2 Å². The van der Waals surface area contributed by atoms with Crippen LogP contribution in [-0.2, 0) is 0 Å². The molecule has 1 aliphatic rings. The van der Waals surface area contributed by atoms with Crippen molar-refractivity contribution in [1.29, 1.82) is 0 Å². The SMILES string of the molecule is CN(CC1CCCNC1)c1ccccn1. The van der Waals surface area contributed by atoms with Gasteiger partial charge in [0.2, 0.25) is 0 Å². The lowest BCUT2D eigenvalue weighted by atomic mass is 9.99. The first kappa shape index (κ1) is 10.4. The first-order valence-corrected chi connectivity index (χ1v) is 5.69. The van der Waals surface area contributed by atoms with Crippen molar-refractivity contribution in [3.05, 3.63) is 24.4 Å². The predicted molar refractivity (Wildman–Crippen MR) is 63.1 cm³/mol. The van der Waals surface area contributed by atoms with Crippen LogP contribution in [0.1, 0.15) is 12.8 Å². The number of pyridine rings is 1. The molecule has 0 spiro atoms. The summed E-state index contributed by atoms with van der Waals surface area (Å²) in [7, 11) is 2.12. The number of rotatable bonds is 3. The molecule has 1 aromatic rings. The van der Waals surface area contributed by atoms with Crippen LogP contribution in [0.15, 0.2) is 24.4 Å². The van der Waals surface area contributed by atoms with Gasteiger partial charge in [0.05, 0.1) is 0 Å². The average Bonchev–Trinajstić information content (AvgIpc) is 2.31. The summed E-state index contributed by atoms with van der Waals surface area (Å²) < 4.78 is 0. The average molecular weight is 205 g/mol. The van der Waals surface area contributed by atoms with Crippen molar-refractivity contribution in [2.45, 2.75) is 12.8 Å². The summed E-state index contributed by atoms with van der Waals surface area (Å²) in [5, 5.41) is 3.44. The lowest BCUT2D eigenvalue weighted by molar-refractivity contribution is 0.380. The van der Waals surface area contributed by atoms with Crippen LogP contribution in [-0.4, -0.2) is 31.7 Å². The second-order valence-electron chi connectivity index (χ2n) is 4.28. The molecule has 1 unspecified atom stereocenters. The molecule has 0 aromatic carbocycles. The fourth-order valence-electron chi connectivity index (χ4n) is 2.14. The van der Waals surface area contributed by atoms with E-state index in [1.807, 2.05) is 18.3 Å². The Bertz CT molecular complexity index is 280. The Morgan fingerprint density at radius 1 is 1.53 bits per heavy atom. The van der Waals surface area contributed by atoms with Crippen molar-refractivity contribution in [3.63, 3.8) is 0 Å². The minimum absolute atomic E-state index is 0.769. The fourth-order valence-corrected chi connectivity index (χ4v) is 2.14. The van der Waals surface area contributed by atoms with E-state index in [1.165, 1.54) is 19.4 Å². The second-order valence-corrected chi connectivity index (χ2v) is 4.28. The zero-order valence-electron chi connectivity index (χ0n) is 9.32. The Balaban J connectivity index is 1.88. The van der Waals surface area contributed by atoms with E-state index in [0.717, 1.165) is 24.8 Å². The molecular formula is C12H19N3. The maximum atomic E-state index is 4.35. The molecule has 1 aromatic heterocycles. The molecule has 3 nitrogen and oxygen atoms in total. The molecule has 1 aliphatic heterocycles. The van der Waals surface area contributed by atoms with Gasteiger partial charge in [0.1, 0.15) is 5.82 Å². The number of nitrogens with zero attached hydrogens (tertiary/aromatic N) is 2. The highest BCUT2D eigenvalue weighted by molar-refractivity contribution is 5.36. The molecule has 1 saturated heterocycles. The highest BCUT2D eigenvalue weighted by Gasteiger charge is 2.15. The fraction of sp³-hybridized carbons (Fsp3) is 0.583. The minimum Gasteiger partial charge on any atom is -0.359 e. The lowest BCUT2D eigenvalue weighted by Crippen LogP contribution is -2.37. The van der Waals surface area contributed by atoms with Gasteiger partial charge < -0.3 is 10.2 Å². The van der Waals surface area contributed by atoms with Crippen molar-refractivity contribution in [2.75, 3.05) is 31.6 Å². The molecule has 82 valence electrons. The van der Waals surface area contributed by atoms with Gasteiger partial charge in [0, 0.05) is 19.8 Å². The predicted octanol–water partition coefficient (Wildman–Crippen LogP) is 1.52. The summed E-state index contributed by atoms with van der Waals surface area (Å²) >= 11 is 0. The summed E-state index contributed by atoms with van der Waals surface area (Å²) in [4.78, 5) is 6.60. The van der Waals surface area contributed by atoms with Crippen molar-refractivity contribution in [3.8, 4) is 0 Å². The van der Waals surface area contributed by atoms with Crippen LogP contribution in [0.2, 0.25) is 0 Å². The Morgan fingerprint density at radius 3 is 3.13 bits per heavy atom. The third kappa shape index (κ3) is 2.93. The first-order valence-electron chi connectivity index (χ1n) is 5.69. The zero-order chi connectivity index (χ0) is 10.5. The highest BCUT2D eigenvalue weighted by Crippen LogP contribution is 2.14. The van der Waals surface area contributed by atoms with E-state index >= 15 is 0 Å². The maximum absolute atomic E-state index is 4.35. The Kier molecular flexibility index (Phi) is 3.56. The van der Waals surface area contributed by atoms with Crippen LogP contribution in [0, 0.1) is 5.92 Å². The van der Waals surface area contributed by atoms with Crippen molar-refractivity contribution < 1.29 is 0 Å². The monoisotopic (exact) mass is 205 g/mol. The van der Waals surface area contributed by atoms with Gasteiger partial charge in [-0.1, -0.05) is 6.07 Å². The van der Waals surface area contributed by atoms with E-state index in [2.05, 4.69) is 28.3 Å². The van der Waals surface area contributed by atoms with Gasteiger partial charge >= 0.3 is 0 Å². The molecule has 2 rings (SSSR count). The summed E-state index contributed by atoms with van der Waals surface area (Å²) in [6.45, 7) is 3.44. The molecule has 0 aliphatic carbocycles. The Hall–Kier alpha value is -1.09. The summed E-state index contributed by atoms with van der Waals surface area (Å²) in [5.41, 5.74) is 0. The molecule has 3 heteroatoms. The normalized spacial score (nSPS) is 21.3. The van der Waals surface area contributed by atoms with Crippen LogP contribution in [0.4, 0.5) is 5.82 Å². The number of piperidine rings is 1. The van der Waals surface area contributed by atoms with E-state index in [4.69, 9.17) is 0 Å². The van der Waals surface area contributed by atoms with Crippen molar-refractivity contribution in [2.24, 2.45) is 5.92 Å². The molecule has 0 saturated carbocycles. The largest absolute Gasteiger partial charge is 0.359 e. The summed E-state index contributed by atoms with van der Waals surface area (Å²) in [6, 6.07) is 6.06. The number of hydrogen-bond donors (Lipinski definition) is 1. The molecule has 15 heavy (non-hydrogen) atoms. The quantitative estimate of drug-likeness (QED) is 0.811. The smallest absolute Gasteiger partial charge is 0.128 e. The van der Waals surface area contributed by atoms with Gasteiger partial charge in [0.15, 0.2) is 0 Å². The van der Waals surface area contributed by atoms with E-state index in [0.29, 0.717) is 0 Å². The van der Waals surface area contributed by atoms with Crippen molar-refractivity contribution >= 4 is 5.82 Å². The summed E-state index contributed by atoms with van der Waals surface area (Å²) in [6.07, 6.45) is 4.50. The van der Waals surface area contributed by atoms with Crippen LogP contribution < -0.4 is 10.2 Å². The zero-order valence-corrected chi connectivity index (χ0v) is 9.32. The van der Waals surface area contributed by atoms with Gasteiger partial charge in [-0.2, -0.15) is 0 Å². The van der Waals surface area contributed by atoms with Gasteiger partial charge in [-0.3, -0.25) is 0 Å². The third-order valence-electron chi connectivity index (χ3n) is 2.97. The summed E-state index contributed by atoms with van der Waals surface area (Å²) in [5.74, 6) is 1.84. The minimum atomic E-state index is 0.769. The molecule has 1 atom stereocenters. The first-order chi connectivity index (χ1) is 7.36. The van der Waals surface area contributed by atoms with E-state index in [1.54, 1.807) is 0 Å². The van der Waals surface area contributed by atoms with Gasteiger partial charge in [-0.05, 0) is 44.0 Å². The van der Waals surface area contributed by atoms with Gasteiger partial charge in [-0.25, -0.2) is 4.98 Å². The molecular weight excluding hydrogens is 186 g/mol. The van der Waals surface area contributed by atoms with Crippen LogP contribution in [0.3, 0.4) is 0 Å². The number of anilines is 1. The highest BCUT2D eigenvalue weighted by atomic mass is 15.2.